The fourth-order valence-corrected chi connectivity index (χ4v) is 3.40. The van der Waals surface area contributed by atoms with Crippen LogP contribution in [0.5, 0.6) is 0 Å². The number of benzene rings is 1. The first kappa shape index (κ1) is 19.3. The van der Waals surface area contributed by atoms with E-state index in [1.165, 1.54) is 5.56 Å². The van der Waals surface area contributed by atoms with Crippen LogP contribution in [0.4, 0.5) is 0 Å². The van der Waals surface area contributed by atoms with E-state index in [4.69, 9.17) is 10.8 Å². The van der Waals surface area contributed by atoms with Gasteiger partial charge in [0.25, 0.3) is 5.91 Å². The van der Waals surface area contributed by atoms with Gasteiger partial charge in [0.1, 0.15) is 12.4 Å². The molecule has 0 aliphatic heterocycles. The number of carbonyl (C=O) groups excluding carboxylic acids is 3. The number of aliphatic hydroxyl groups is 1. The summed E-state index contributed by atoms with van der Waals surface area (Å²) in [5.74, 6) is -1.09. The number of aliphatic hydroxyl groups excluding tert-OH is 1. The van der Waals surface area contributed by atoms with E-state index in [-0.39, 0.29) is 24.7 Å². The van der Waals surface area contributed by atoms with Crippen molar-refractivity contribution < 1.29 is 19.5 Å². The Labute approximate surface area is 147 Å². The highest BCUT2D eigenvalue weighted by Gasteiger charge is 2.27. The summed E-state index contributed by atoms with van der Waals surface area (Å²) >= 11 is 0. The lowest BCUT2D eigenvalue weighted by atomic mass is 9.76. The minimum atomic E-state index is -0.882. The maximum atomic E-state index is 12.3. The summed E-state index contributed by atoms with van der Waals surface area (Å²) in [6.07, 6.45) is 3.86. The van der Waals surface area contributed by atoms with Crippen LogP contribution in [0.1, 0.15) is 49.1 Å². The second kappa shape index (κ2) is 9.44. The van der Waals surface area contributed by atoms with E-state index in [2.05, 4.69) is 17.4 Å². The maximum Gasteiger partial charge on any atom is 0.289 e. The second-order valence-electron chi connectivity index (χ2n) is 6.55. The van der Waals surface area contributed by atoms with Gasteiger partial charge in [-0.25, -0.2) is 0 Å². The first-order valence-electron chi connectivity index (χ1n) is 8.78. The number of rotatable bonds is 8. The van der Waals surface area contributed by atoms with Gasteiger partial charge in [-0.15, -0.1) is 0 Å². The van der Waals surface area contributed by atoms with Gasteiger partial charge in [-0.1, -0.05) is 24.3 Å². The highest BCUT2D eigenvalue weighted by Crippen LogP contribution is 2.36. The lowest BCUT2D eigenvalue weighted by molar-refractivity contribution is -0.139. The molecule has 4 N–H and O–H groups in total. The summed E-state index contributed by atoms with van der Waals surface area (Å²) in [7, 11) is 0. The van der Waals surface area contributed by atoms with Gasteiger partial charge in [0.15, 0.2) is 0 Å². The highest BCUT2D eigenvalue weighted by molar-refractivity contribution is 6.36. The van der Waals surface area contributed by atoms with Crippen molar-refractivity contribution in [1.82, 2.24) is 5.32 Å². The van der Waals surface area contributed by atoms with Crippen molar-refractivity contribution in [1.29, 1.82) is 0 Å². The average molecular weight is 346 g/mol. The lowest BCUT2D eigenvalue weighted by Crippen LogP contribution is -2.35. The van der Waals surface area contributed by atoms with E-state index >= 15 is 0 Å². The van der Waals surface area contributed by atoms with Crippen molar-refractivity contribution in [2.45, 2.75) is 44.6 Å². The topological polar surface area (TPSA) is 109 Å². The minimum absolute atomic E-state index is 0.0272. The molecule has 1 aromatic carbocycles. The number of Topliss-reactive ketones (excluding diaryl/α,β-unsaturated/α-hetero) is 2. The van der Waals surface area contributed by atoms with Crippen LogP contribution in [-0.2, 0) is 20.9 Å². The van der Waals surface area contributed by atoms with Crippen molar-refractivity contribution in [2.75, 3.05) is 13.2 Å². The summed E-state index contributed by atoms with van der Waals surface area (Å²) in [6.45, 7) is -0.136. The number of amides is 1. The van der Waals surface area contributed by atoms with Crippen molar-refractivity contribution in [3.05, 3.63) is 35.4 Å². The Kier molecular flexibility index (Phi) is 7.28. The van der Waals surface area contributed by atoms with E-state index in [1.54, 1.807) is 0 Å². The summed E-state index contributed by atoms with van der Waals surface area (Å²) < 4.78 is 0. The monoisotopic (exact) mass is 346 g/mol. The largest absolute Gasteiger partial charge is 0.388 e. The lowest BCUT2D eigenvalue weighted by Gasteiger charge is -2.28. The van der Waals surface area contributed by atoms with Crippen molar-refractivity contribution in [2.24, 2.45) is 11.7 Å². The molecular weight excluding hydrogens is 320 g/mol. The van der Waals surface area contributed by atoms with E-state index in [1.807, 2.05) is 12.1 Å². The molecule has 0 heterocycles. The molecule has 0 atom stereocenters. The summed E-state index contributed by atoms with van der Waals surface area (Å²) in [6, 6.07) is 8.33. The molecule has 136 valence electrons. The summed E-state index contributed by atoms with van der Waals surface area (Å²) in [5, 5.41) is 11.0. The Balaban J connectivity index is 1.76. The summed E-state index contributed by atoms with van der Waals surface area (Å²) in [4.78, 5) is 34.5. The molecule has 1 aliphatic rings. The molecule has 1 aliphatic carbocycles. The Morgan fingerprint density at radius 1 is 1.16 bits per heavy atom. The van der Waals surface area contributed by atoms with Gasteiger partial charge < -0.3 is 16.2 Å². The van der Waals surface area contributed by atoms with Crippen LogP contribution in [0.3, 0.4) is 0 Å². The smallest absolute Gasteiger partial charge is 0.289 e. The molecule has 25 heavy (non-hydrogen) atoms. The van der Waals surface area contributed by atoms with E-state index in [0.717, 1.165) is 31.2 Å². The standard InChI is InChI=1S/C19H26N2O4/c20-11-13-2-1-3-16(10-13)14-4-6-15(7-5-14)17(23)8-9-21-19(25)18(24)12-22/h1-3,10,14-15,22H,4-9,11-12,20H2,(H,21,25). The third-order valence-corrected chi connectivity index (χ3v) is 4.89. The predicted molar refractivity (Wildman–Crippen MR) is 93.8 cm³/mol. The van der Waals surface area contributed by atoms with Crippen LogP contribution in [-0.4, -0.2) is 35.7 Å². The van der Waals surface area contributed by atoms with E-state index < -0.39 is 18.3 Å². The van der Waals surface area contributed by atoms with E-state index in [9.17, 15) is 14.4 Å². The van der Waals surface area contributed by atoms with Crippen molar-refractivity contribution in [3.63, 3.8) is 0 Å². The first-order chi connectivity index (χ1) is 12.0. The zero-order valence-electron chi connectivity index (χ0n) is 14.4. The fourth-order valence-electron chi connectivity index (χ4n) is 3.40. The quantitative estimate of drug-likeness (QED) is 0.610. The molecule has 0 aromatic heterocycles. The Morgan fingerprint density at radius 3 is 2.52 bits per heavy atom. The molecule has 0 radical (unpaired) electrons. The molecular formula is C19H26N2O4. The van der Waals surface area contributed by atoms with Gasteiger partial charge in [0, 0.05) is 25.4 Å². The van der Waals surface area contributed by atoms with Gasteiger partial charge in [-0.3, -0.25) is 14.4 Å². The fraction of sp³-hybridized carbons (Fsp3) is 0.526. The molecule has 0 saturated heterocycles. The third-order valence-electron chi connectivity index (χ3n) is 4.89. The molecule has 1 amide bonds. The minimum Gasteiger partial charge on any atom is -0.388 e. The van der Waals surface area contributed by atoms with Gasteiger partial charge in [0.05, 0.1) is 0 Å². The van der Waals surface area contributed by atoms with Crippen LogP contribution in [0, 0.1) is 5.92 Å². The molecule has 0 bridgehead atoms. The third kappa shape index (κ3) is 5.47. The number of carbonyl (C=O) groups is 3. The number of ketones is 2. The highest BCUT2D eigenvalue weighted by atomic mass is 16.3. The zero-order valence-corrected chi connectivity index (χ0v) is 14.4. The number of nitrogens with two attached hydrogens (primary N) is 1. The second-order valence-corrected chi connectivity index (χ2v) is 6.55. The Morgan fingerprint density at radius 2 is 1.88 bits per heavy atom. The maximum absolute atomic E-state index is 12.3. The molecule has 0 spiro atoms. The van der Waals surface area contributed by atoms with Gasteiger partial charge in [0.2, 0.25) is 5.78 Å². The van der Waals surface area contributed by atoms with Crippen LogP contribution < -0.4 is 11.1 Å². The average Bonchev–Trinajstić information content (AvgIpc) is 2.67. The number of hydrogen-bond donors (Lipinski definition) is 3. The molecule has 1 aromatic rings. The summed E-state index contributed by atoms with van der Waals surface area (Å²) in [5.41, 5.74) is 8.12. The van der Waals surface area contributed by atoms with Crippen LogP contribution in [0.25, 0.3) is 0 Å². The SMILES string of the molecule is NCc1cccc(C2CCC(C(=O)CCNC(=O)C(=O)CO)CC2)c1. The Bertz CT molecular complexity index is 622. The number of hydrogen-bond acceptors (Lipinski definition) is 5. The van der Waals surface area contributed by atoms with Gasteiger partial charge in [-0.05, 0) is 42.7 Å². The number of nitrogens with one attached hydrogen (secondary N) is 1. The van der Waals surface area contributed by atoms with E-state index in [0.29, 0.717) is 12.5 Å². The van der Waals surface area contributed by atoms with Gasteiger partial charge >= 0.3 is 0 Å². The zero-order chi connectivity index (χ0) is 18.2. The molecule has 1 fully saturated rings. The van der Waals surface area contributed by atoms with Crippen molar-refractivity contribution >= 4 is 17.5 Å². The first-order valence-corrected chi connectivity index (χ1v) is 8.78. The molecule has 1 saturated carbocycles. The van der Waals surface area contributed by atoms with Crippen molar-refractivity contribution in [3.8, 4) is 0 Å². The molecule has 0 unspecified atom stereocenters. The molecule has 6 nitrogen and oxygen atoms in total. The van der Waals surface area contributed by atoms with Gasteiger partial charge in [-0.2, -0.15) is 0 Å². The predicted octanol–water partition coefficient (Wildman–Crippen LogP) is 1.06. The normalized spacial score (nSPS) is 20.1. The Hall–Kier alpha value is -2.05. The molecule has 2 rings (SSSR count). The van der Waals surface area contributed by atoms with Crippen LogP contribution in [0.2, 0.25) is 0 Å². The van der Waals surface area contributed by atoms with Crippen LogP contribution >= 0.6 is 0 Å². The molecule has 6 heteroatoms. The van der Waals surface area contributed by atoms with Crippen LogP contribution in [0.15, 0.2) is 24.3 Å².